The summed E-state index contributed by atoms with van der Waals surface area (Å²) < 4.78 is 22.9. The second-order valence-electron chi connectivity index (χ2n) is 3.40. The van der Waals surface area contributed by atoms with E-state index in [2.05, 4.69) is 0 Å². The van der Waals surface area contributed by atoms with Crippen LogP contribution in [-0.4, -0.2) is 23.0 Å². The Kier molecular flexibility index (Phi) is 2.90. The summed E-state index contributed by atoms with van der Waals surface area (Å²) in [5.74, 6) is -0.128. The second-order valence-corrected chi connectivity index (χ2v) is 7.91. The third-order valence-electron chi connectivity index (χ3n) is 2.31. The van der Waals surface area contributed by atoms with Gasteiger partial charge in [-0.05, 0) is 0 Å². The summed E-state index contributed by atoms with van der Waals surface area (Å²) in [7, 11) is 0. The van der Waals surface area contributed by atoms with Crippen LogP contribution in [0.1, 0.15) is 0 Å². The van der Waals surface area contributed by atoms with Gasteiger partial charge in [0.05, 0.1) is 0 Å². The normalized spacial score (nSPS) is 14.3. The minimum absolute atomic E-state index is 0.128. The Bertz CT molecular complexity index is 537. The van der Waals surface area contributed by atoms with E-state index >= 15 is 0 Å². The van der Waals surface area contributed by atoms with E-state index in [0.717, 1.165) is 0 Å². The predicted octanol–water partition coefficient (Wildman–Crippen LogP) is 0.371. The molecule has 0 amide bonds. The van der Waals surface area contributed by atoms with Crippen LogP contribution in [0.3, 0.4) is 0 Å². The van der Waals surface area contributed by atoms with Gasteiger partial charge in [-0.15, -0.1) is 0 Å². The van der Waals surface area contributed by atoms with Crippen molar-refractivity contribution >= 4 is 22.5 Å². The fraction of sp³-hybridized carbons (Fsp3) is 0. The summed E-state index contributed by atoms with van der Waals surface area (Å²) in [4.78, 5) is 0. The van der Waals surface area contributed by atoms with Crippen molar-refractivity contribution in [3.63, 3.8) is 0 Å². The van der Waals surface area contributed by atoms with Crippen molar-refractivity contribution in [1.82, 2.24) is 0 Å². The molecule has 0 saturated heterocycles. The number of hydrogen-bond acceptors (Lipinski definition) is 2. The number of para-hydroxylation sites is 1. The van der Waals surface area contributed by atoms with E-state index in [1.807, 2.05) is 0 Å². The van der Waals surface area contributed by atoms with Crippen molar-refractivity contribution in [3.8, 4) is 5.75 Å². The van der Waals surface area contributed by atoms with Gasteiger partial charge in [0.15, 0.2) is 0 Å². The quantitative estimate of drug-likeness (QED) is 0.780. The molecule has 0 saturated carbocycles. The third-order valence-corrected chi connectivity index (χ3v) is 6.57. The number of aromatic hydroxyl groups is 1. The number of rotatable bonds is 2. The fourth-order valence-corrected chi connectivity index (χ4v) is 4.69. The summed E-state index contributed by atoms with van der Waals surface area (Å²) in [5, 5.41) is 9.59. The van der Waals surface area contributed by atoms with Gasteiger partial charge in [-0.1, -0.05) is 0 Å². The molecule has 0 fully saturated rings. The molecule has 0 bridgehead atoms. The Balaban J connectivity index is 2.56. The van der Waals surface area contributed by atoms with Gasteiger partial charge >= 0.3 is 95.8 Å². The molecule has 2 N–H and O–H groups in total. The number of phenols is 1. The molecule has 0 aliphatic rings. The molecule has 0 aromatic heterocycles. The van der Waals surface area contributed by atoms with Crippen LogP contribution < -0.4 is 8.70 Å². The molecule has 0 spiro atoms. The molecule has 2 rings (SSSR count). The summed E-state index contributed by atoms with van der Waals surface area (Å²) >= 11 is -4.37. The van der Waals surface area contributed by atoms with Crippen LogP contribution in [0.2, 0.25) is 0 Å². The van der Waals surface area contributed by atoms with Crippen molar-refractivity contribution in [2.75, 3.05) is 0 Å². The van der Waals surface area contributed by atoms with Crippen LogP contribution in [0.25, 0.3) is 0 Å². The number of hydrogen-bond donors (Lipinski definition) is 2. The molecule has 2 aromatic carbocycles. The zero-order valence-corrected chi connectivity index (χ0v) is 10.3. The Hall–Kier alpha value is -1.44. The van der Waals surface area contributed by atoms with E-state index in [0.29, 0.717) is 4.35 Å². The van der Waals surface area contributed by atoms with E-state index < -0.39 is 13.8 Å². The first-order valence-corrected chi connectivity index (χ1v) is 8.27. The Morgan fingerprint density at radius 3 is 2.06 bits per heavy atom. The topological polar surface area (TPSA) is 57.5 Å². The molecule has 3 nitrogen and oxygen atoms in total. The van der Waals surface area contributed by atoms with Crippen molar-refractivity contribution < 1.29 is 12.9 Å². The van der Waals surface area contributed by atoms with E-state index in [4.69, 9.17) is 0 Å². The monoisotopic (exact) mass is 278 g/mol. The molecule has 82 valence electrons. The van der Waals surface area contributed by atoms with Gasteiger partial charge in [-0.25, -0.2) is 0 Å². The van der Waals surface area contributed by atoms with Crippen LogP contribution in [0.15, 0.2) is 54.6 Å². The van der Waals surface area contributed by atoms with E-state index in [1.165, 1.54) is 12.1 Å². The Morgan fingerprint density at radius 1 is 0.875 bits per heavy atom. The third kappa shape index (κ3) is 1.92. The molecule has 0 radical (unpaired) electrons. The van der Waals surface area contributed by atoms with Crippen LogP contribution in [0.4, 0.5) is 0 Å². The molecule has 1 unspecified atom stereocenters. The molecule has 4 heteroatoms. The zero-order chi connectivity index (χ0) is 11.6. The van der Waals surface area contributed by atoms with Crippen molar-refractivity contribution in [1.29, 1.82) is 0 Å². The van der Waals surface area contributed by atoms with Gasteiger partial charge in [-0.2, -0.15) is 0 Å². The standard InChI is InChI=1S/C12H11AsO3/c14-12-9-5-4-8-11(12)13(15,16)10-6-2-1-3-7-10/h1-9,14H,(H,15,16). The van der Waals surface area contributed by atoms with Crippen molar-refractivity contribution in [2.24, 2.45) is 0 Å². The zero-order valence-electron chi connectivity index (χ0n) is 8.45. The Morgan fingerprint density at radius 2 is 1.44 bits per heavy atom. The maximum atomic E-state index is 12.3. The second kappa shape index (κ2) is 4.20. The average molecular weight is 278 g/mol. The first-order chi connectivity index (χ1) is 7.62. The van der Waals surface area contributed by atoms with E-state index in [9.17, 15) is 12.9 Å². The molecule has 2 aromatic rings. The summed E-state index contributed by atoms with van der Waals surface area (Å²) in [6.07, 6.45) is 0. The minimum atomic E-state index is -4.37. The summed E-state index contributed by atoms with van der Waals surface area (Å²) in [6, 6.07) is 14.6. The maximum absolute atomic E-state index is 12.3. The van der Waals surface area contributed by atoms with Crippen molar-refractivity contribution in [2.45, 2.75) is 0 Å². The molecular weight excluding hydrogens is 267 g/mol. The number of benzene rings is 2. The average Bonchev–Trinajstić information content (AvgIpc) is 2.30. The molecule has 0 heterocycles. The SMILES string of the molecule is O=[As](O)(c1ccccc1)c1ccccc1O. The number of phenolic OH excluding ortho intramolecular Hbond substituents is 1. The van der Waals surface area contributed by atoms with Crippen LogP contribution in [0, 0.1) is 0 Å². The molecular formula is C12H11AsO3. The predicted molar refractivity (Wildman–Crippen MR) is 62.5 cm³/mol. The van der Waals surface area contributed by atoms with Crippen LogP contribution >= 0.6 is 0 Å². The summed E-state index contributed by atoms with van der Waals surface area (Å²) in [6.45, 7) is 0. The van der Waals surface area contributed by atoms with E-state index in [-0.39, 0.29) is 10.1 Å². The molecule has 0 aliphatic carbocycles. The summed E-state index contributed by atoms with van der Waals surface area (Å²) in [5.41, 5.74) is 0. The van der Waals surface area contributed by atoms with Gasteiger partial charge in [0, 0.05) is 0 Å². The van der Waals surface area contributed by atoms with Gasteiger partial charge in [0.2, 0.25) is 0 Å². The fourth-order valence-electron chi connectivity index (χ4n) is 1.49. The molecule has 1 atom stereocenters. The van der Waals surface area contributed by atoms with Crippen LogP contribution in [-0.2, 0) is 3.74 Å². The first kappa shape index (κ1) is 11.1. The van der Waals surface area contributed by atoms with Crippen LogP contribution in [0.5, 0.6) is 5.75 Å². The van der Waals surface area contributed by atoms with Gasteiger partial charge in [-0.3, -0.25) is 0 Å². The van der Waals surface area contributed by atoms with Gasteiger partial charge in [0.1, 0.15) is 0 Å². The van der Waals surface area contributed by atoms with Gasteiger partial charge < -0.3 is 0 Å². The van der Waals surface area contributed by atoms with Crippen molar-refractivity contribution in [3.05, 3.63) is 54.6 Å². The first-order valence-electron chi connectivity index (χ1n) is 4.79. The van der Waals surface area contributed by atoms with Gasteiger partial charge in [0.25, 0.3) is 0 Å². The van der Waals surface area contributed by atoms with E-state index in [1.54, 1.807) is 42.5 Å². The Labute approximate surface area is 96.0 Å². The molecule has 16 heavy (non-hydrogen) atoms. The molecule has 0 aliphatic heterocycles.